The third kappa shape index (κ3) is 43.4. The summed E-state index contributed by atoms with van der Waals surface area (Å²) in [6.45, 7) is 52.0. The maximum Gasteiger partial charge on any atom is 0.406 e. The summed E-state index contributed by atoms with van der Waals surface area (Å²) >= 11 is 0. The standard InChI is InChI=1S/C19H32O4.C18H41NO5Si2.C18H38O4Si2.2CH4/c1-14(2)17(21)23-10-9-22-16(20)7-8-19(6)12-15(3)11-18(4,5)13-19;1-9-10-15-25(5,6)23-18(2,3)24-26(7,8)16-11-12-21-13-14-22-17(20)19-4;1-10-11-14-23(6,7)21-18(4,5)22-24(8,9)15-12-13-20-17(19)16(2)3;;/h15H,1,7-13H2,2-6H3;9-16H2,1-8H3,(H,19,20);2,10-15H2,1,3-9H3;2*1H4. The highest BCUT2D eigenvalue weighted by Gasteiger charge is 2.41. The van der Waals surface area contributed by atoms with Crippen LogP contribution in [0.25, 0.3) is 0 Å². The number of hydrogen-bond donors (Lipinski definition) is 1. The molecule has 0 heterocycles. The molecule has 2 atom stereocenters. The van der Waals surface area contributed by atoms with Crippen molar-refractivity contribution >= 4 is 57.3 Å². The Bertz CT molecular complexity index is 1650. The molecular weight excluding hydrogens is 1020 g/mol. The van der Waals surface area contributed by atoms with E-state index >= 15 is 0 Å². The smallest absolute Gasteiger partial charge is 0.406 e. The van der Waals surface area contributed by atoms with Crippen LogP contribution in [0.3, 0.4) is 0 Å². The number of carbonyl (C=O) groups is 4. The fourth-order valence-corrected chi connectivity index (χ4v) is 20.6. The Labute approximate surface area is 465 Å². The average molecular weight is 1140 g/mol. The Kier molecular flexibility index (Phi) is 39.8. The molecule has 0 aromatic rings. The molecule has 1 aliphatic carbocycles. The predicted octanol–water partition coefficient (Wildman–Crippen LogP) is 15.8. The molecule has 0 spiro atoms. The van der Waals surface area contributed by atoms with Gasteiger partial charge in [-0.1, -0.05) is 95.2 Å². The van der Waals surface area contributed by atoms with E-state index in [1.54, 1.807) is 13.8 Å². The molecule has 0 aliphatic heterocycles. The number of carbonyl (C=O) groups excluding carboxylic acids is 4. The second-order valence-corrected chi connectivity index (χ2v) is 41.8. The maximum atomic E-state index is 11.9. The normalized spacial score (nSPS) is 16.7. The summed E-state index contributed by atoms with van der Waals surface area (Å²) < 4.78 is 51.2. The molecule has 14 nitrogen and oxygen atoms in total. The first-order valence-electron chi connectivity index (χ1n) is 27.3. The number of esters is 3. The molecule has 1 fully saturated rings. The van der Waals surface area contributed by atoms with Crippen molar-refractivity contribution in [3.8, 4) is 0 Å². The van der Waals surface area contributed by atoms with Gasteiger partial charge in [-0.15, -0.1) is 0 Å². The summed E-state index contributed by atoms with van der Waals surface area (Å²) in [5.74, 6) is -1.36. The lowest BCUT2D eigenvalue weighted by Gasteiger charge is -2.46. The van der Waals surface area contributed by atoms with Gasteiger partial charge in [0.1, 0.15) is 31.4 Å². The summed E-state index contributed by atoms with van der Waals surface area (Å²) in [7, 11) is -5.60. The van der Waals surface area contributed by atoms with Gasteiger partial charge in [0, 0.05) is 31.2 Å². The van der Waals surface area contributed by atoms with Crippen molar-refractivity contribution in [2.75, 3.05) is 46.7 Å². The first-order valence-corrected chi connectivity index (χ1v) is 39.8. The molecule has 1 amide bonds. The van der Waals surface area contributed by atoms with Gasteiger partial charge in [0.15, 0.2) is 33.3 Å². The van der Waals surface area contributed by atoms with Gasteiger partial charge >= 0.3 is 24.0 Å². The van der Waals surface area contributed by atoms with Crippen LogP contribution in [0.4, 0.5) is 4.79 Å². The Morgan fingerprint density at radius 2 is 0.947 bits per heavy atom. The summed E-state index contributed by atoms with van der Waals surface area (Å²) in [4.78, 5) is 45.4. The predicted molar refractivity (Wildman–Crippen MR) is 322 cm³/mol. The Balaban J connectivity index is -0.000000498. The third-order valence-corrected chi connectivity index (χ3v) is 22.5. The third-order valence-electron chi connectivity index (χ3n) is 12.1. The summed E-state index contributed by atoms with van der Waals surface area (Å²) in [6.07, 6.45) is 11.0. The fraction of sp³-hybridized carbons (Fsp3) is 0.860. The maximum absolute atomic E-state index is 11.9. The van der Waals surface area contributed by atoms with E-state index in [2.05, 4.69) is 126 Å². The van der Waals surface area contributed by atoms with Crippen LogP contribution < -0.4 is 5.32 Å². The highest BCUT2D eigenvalue weighted by molar-refractivity contribution is 6.73. The van der Waals surface area contributed by atoms with Gasteiger partial charge in [-0.05, 0) is 173 Å². The van der Waals surface area contributed by atoms with Crippen molar-refractivity contribution in [3.63, 3.8) is 0 Å². The van der Waals surface area contributed by atoms with Crippen molar-refractivity contribution in [2.24, 2.45) is 16.7 Å². The van der Waals surface area contributed by atoms with E-state index in [4.69, 9.17) is 41.4 Å². The van der Waals surface area contributed by atoms with Crippen molar-refractivity contribution < 1.29 is 60.6 Å². The Hall–Kier alpha value is -2.17. The van der Waals surface area contributed by atoms with Crippen molar-refractivity contribution in [2.45, 2.75) is 257 Å². The SMILES string of the molecule is C.C.C=C(C)C(=O)OCCC[Si](C)(C)OC(C)(C)O[Si](C)(C)CCCC.C=C(C)C(=O)OCCOC(=O)CCC1(C)CC(C)CC(C)(C)C1.CCCC[Si](C)(C)OC(C)(C)O[Si](C)(C)CCCOCCOC(=O)NC. The monoisotopic (exact) mass is 1140 g/mol. The van der Waals surface area contributed by atoms with Gasteiger partial charge in [-0.3, -0.25) is 4.79 Å². The number of alkyl carbamates (subject to hydrolysis) is 1. The number of unbranched alkanes of at least 4 members (excludes halogenated alkanes) is 2. The van der Waals surface area contributed by atoms with Crippen molar-refractivity contribution in [3.05, 3.63) is 24.3 Å². The number of rotatable bonds is 33. The van der Waals surface area contributed by atoms with Gasteiger partial charge in [0.25, 0.3) is 0 Å². The lowest BCUT2D eigenvalue weighted by molar-refractivity contribution is -0.150. The molecule has 0 aromatic heterocycles. The molecule has 0 saturated heterocycles. The van der Waals surface area contributed by atoms with Crippen LogP contribution in [-0.4, -0.2) is 116 Å². The van der Waals surface area contributed by atoms with E-state index in [-0.39, 0.29) is 52.0 Å². The van der Waals surface area contributed by atoms with Crippen LogP contribution >= 0.6 is 0 Å². The molecule has 446 valence electrons. The molecule has 0 aromatic carbocycles. The van der Waals surface area contributed by atoms with Gasteiger partial charge in [-0.2, -0.15) is 0 Å². The number of amides is 1. The first-order chi connectivity index (χ1) is 33.3. The summed E-state index contributed by atoms with van der Waals surface area (Å²) in [6, 6.07) is 4.27. The van der Waals surface area contributed by atoms with Crippen LogP contribution in [0.5, 0.6) is 0 Å². The highest BCUT2D eigenvalue weighted by atomic mass is 28.4. The minimum atomic E-state index is -1.89. The van der Waals surface area contributed by atoms with Crippen LogP contribution in [0.1, 0.15) is 169 Å². The van der Waals surface area contributed by atoms with Crippen LogP contribution in [-0.2, 0) is 55.8 Å². The number of hydrogen-bond acceptors (Lipinski definition) is 13. The van der Waals surface area contributed by atoms with Crippen LogP contribution in [0, 0.1) is 16.7 Å². The zero-order chi connectivity index (χ0) is 57.0. The highest BCUT2D eigenvalue weighted by Crippen LogP contribution is 2.50. The minimum absolute atomic E-state index is 0. The zero-order valence-corrected chi connectivity index (χ0v) is 54.6. The number of nitrogens with one attached hydrogen (secondary N) is 1. The summed E-state index contributed by atoms with van der Waals surface area (Å²) in [5, 5.41) is 2.40. The molecule has 1 aliphatic rings. The van der Waals surface area contributed by atoms with E-state index in [0.717, 1.165) is 43.8 Å². The quantitative estimate of drug-likeness (QED) is 0.0165. The second-order valence-electron chi connectivity index (χ2n) is 24.9. The minimum Gasteiger partial charge on any atom is -0.462 e. The van der Waals surface area contributed by atoms with Gasteiger partial charge in [0.2, 0.25) is 0 Å². The van der Waals surface area contributed by atoms with E-state index < -0.39 is 56.9 Å². The van der Waals surface area contributed by atoms with E-state index in [1.807, 2.05) is 13.8 Å². The molecule has 2 unspecified atom stereocenters. The van der Waals surface area contributed by atoms with Crippen LogP contribution in [0.15, 0.2) is 24.3 Å². The second kappa shape index (κ2) is 37.7. The molecule has 1 saturated carbocycles. The van der Waals surface area contributed by atoms with E-state index in [9.17, 15) is 19.2 Å². The molecule has 18 heteroatoms. The lowest BCUT2D eigenvalue weighted by Crippen LogP contribution is -2.48. The van der Waals surface area contributed by atoms with Crippen molar-refractivity contribution in [1.82, 2.24) is 5.32 Å². The molecule has 75 heavy (non-hydrogen) atoms. The largest absolute Gasteiger partial charge is 0.462 e. The number of ether oxygens (including phenoxy) is 5. The van der Waals surface area contributed by atoms with Gasteiger partial charge < -0.3 is 46.7 Å². The molecule has 0 radical (unpaired) electrons. The zero-order valence-electron chi connectivity index (χ0n) is 50.6. The Morgan fingerprint density at radius 1 is 0.573 bits per heavy atom. The fourth-order valence-electron chi connectivity index (χ4n) is 10.1. The topological polar surface area (TPSA) is 163 Å². The van der Waals surface area contributed by atoms with Gasteiger partial charge in [0.05, 0.1) is 13.2 Å². The van der Waals surface area contributed by atoms with Crippen molar-refractivity contribution in [1.29, 1.82) is 0 Å². The molecular formula is C57H119NO13Si4. The van der Waals surface area contributed by atoms with E-state index in [0.29, 0.717) is 48.7 Å². The molecule has 1 N–H and O–H groups in total. The van der Waals surface area contributed by atoms with E-state index in [1.165, 1.54) is 51.6 Å². The average Bonchev–Trinajstić information content (AvgIpc) is 3.21. The molecule has 0 bridgehead atoms. The summed E-state index contributed by atoms with van der Waals surface area (Å²) in [5.41, 5.74) is 1.33. The van der Waals surface area contributed by atoms with Crippen LogP contribution in [0.2, 0.25) is 76.6 Å². The van der Waals surface area contributed by atoms with Gasteiger partial charge in [-0.25, -0.2) is 14.4 Å². The molecule has 1 rings (SSSR count). The first kappa shape index (κ1) is 79.3. The Morgan fingerprint density at radius 3 is 1.33 bits per heavy atom. The lowest BCUT2D eigenvalue weighted by atomic mass is 9.60.